The summed E-state index contributed by atoms with van der Waals surface area (Å²) in [5.41, 5.74) is 0. The van der Waals surface area contributed by atoms with Gasteiger partial charge >= 0.3 is 0 Å². The highest BCUT2D eigenvalue weighted by atomic mass is 15.3. The summed E-state index contributed by atoms with van der Waals surface area (Å²) in [4.78, 5) is 5.09. The van der Waals surface area contributed by atoms with E-state index >= 15 is 0 Å². The lowest BCUT2D eigenvalue weighted by Crippen LogP contribution is -2.50. The van der Waals surface area contributed by atoms with Gasteiger partial charge in [0.25, 0.3) is 0 Å². The van der Waals surface area contributed by atoms with Crippen LogP contribution in [0.3, 0.4) is 0 Å². The minimum atomic E-state index is 0.821. The van der Waals surface area contributed by atoms with Gasteiger partial charge in [0.15, 0.2) is 0 Å². The Labute approximate surface area is 101 Å². The molecule has 1 heterocycles. The highest BCUT2D eigenvalue weighted by Gasteiger charge is 2.25. The molecule has 2 rings (SSSR count). The fourth-order valence-corrected chi connectivity index (χ4v) is 3.34. The summed E-state index contributed by atoms with van der Waals surface area (Å²) in [6.45, 7) is 3.79. The lowest BCUT2D eigenvalue weighted by Gasteiger charge is -2.39. The van der Waals surface area contributed by atoms with E-state index in [1.165, 1.54) is 64.6 Å². The third-order valence-electron chi connectivity index (χ3n) is 4.56. The monoisotopic (exact) mass is 224 g/mol. The summed E-state index contributed by atoms with van der Waals surface area (Å²) >= 11 is 0. The molecule has 0 unspecified atom stereocenters. The van der Waals surface area contributed by atoms with E-state index in [1.807, 2.05) is 0 Å². The van der Waals surface area contributed by atoms with Gasteiger partial charge in [-0.3, -0.25) is 0 Å². The molecule has 0 bridgehead atoms. The molecule has 0 aromatic heterocycles. The summed E-state index contributed by atoms with van der Waals surface area (Å²) < 4.78 is 0. The van der Waals surface area contributed by atoms with Crippen LogP contribution >= 0.6 is 0 Å². The van der Waals surface area contributed by atoms with Crippen LogP contribution in [0.5, 0.6) is 0 Å². The Hall–Kier alpha value is -0.0800. The van der Waals surface area contributed by atoms with E-state index < -0.39 is 0 Å². The van der Waals surface area contributed by atoms with Gasteiger partial charge in [0.2, 0.25) is 0 Å². The van der Waals surface area contributed by atoms with Gasteiger partial charge in [0.05, 0.1) is 0 Å². The molecule has 94 valence electrons. The van der Waals surface area contributed by atoms with Gasteiger partial charge < -0.3 is 9.80 Å². The van der Waals surface area contributed by atoms with Crippen molar-refractivity contribution in [1.29, 1.82) is 0 Å². The fraction of sp³-hybridized carbons (Fsp3) is 1.00. The maximum atomic E-state index is 2.59. The Morgan fingerprint density at radius 1 is 0.938 bits per heavy atom. The second-order valence-electron chi connectivity index (χ2n) is 5.99. The van der Waals surface area contributed by atoms with Crippen LogP contribution in [0.1, 0.15) is 44.9 Å². The molecule has 2 aliphatic rings. The average molecular weight is 224 g/mol. The predicted octanol–water partition coefficient (Wildman–Crippen LogP) is 2.59. The molecule has 2 heteroatoms. The van der Waals surface area contributed by atoms with Crippen LogP contribution in [0.25, 0.3) is 0 Å². The van der Waals surface area contributed by atoms with Gasteiger partial charge in [0, 0.05) is 25.7 Å². The molecule has 1 atom stereocenters. The molecule has 1 saturated heterocycles. The van der Waals surface area contributed by atoms with Crippen molar-refractivity contribution in [2.45, 2.75) is 51.0 Å². The molecular formula is C14H28N2. The predicted molar refractivity (Wildman–Crippen MR) is 69.7 cm³/mol. The molecule has 0 N–H and O–H groups in total. The van der Waals surface area contributed by atoms with Crippen molar-refractivity contribution >= 4 is 0 Å². The summed E-state index contributed by atoms with van der Waals surface area (Å²) in [6.07, 6.45) is 10.4. The second-order valence-corrected chi connectivity index (χ2v) is 5.99. The fourth-order valence-electron chi connectivity index (χ4n) is 3.34. The van der Waals surface area contributed by atoms with Crippen molar-refractivity contribution < 1.29 is 0 Å². The van der Waals surface area contributed by atoms with Crippen molar-refractivity contribution in [2.24, 2.45) is 5.92 Å². The maximum absolute atomic E-state index is 2.59. The maximum Gasteiger partial charge on any atom is 0.0223 e. The van der Waals surface area contributed by atoms with E-state index in [0.29, 0.717) is 0 Å². The van der Waals surface area contributed by atoms with Crippen LogP contribution < -0.4 is 0 Å². The number of hydrogen-bond acceptors (Lipinski definition) is 2. The third-order valence-corrected chi connectivity index (χ3v) is 4.56. The molecular weight excluding hydrogens is 196 g/mol. The van der Waals surface area contributed by atoms with Crippen molar-refractivity contribution in [1.82, 2.24) is 9.80 Å². The lowest BCUT2D eigenvalue weighted by atomic mass is 9.91. The van der Waals surface area contributed by atoms with Crippen molar-refractivity contribution in [3.8, 4) is 0 Å². The quantitative estimate of drug-likeness (QED) is 0.665. The molecule has 2 fully saturated rings. The van der Waals surface area contributed by atoms with E-state index in [-0.39, 0.29) is 0 Å². The first-order chi connectivity index (χ1) is 7.75. The molecule has 1 saturated carbocycles. The summed E-state index contributed by atoms with van der Waals surface area (Å²) in [5.74, 6) is 1.02. The van der Waals surface area contributed by atoms with Gasteiger partial charge in [0.1, 0.15) is 0 Å². The highest BCUT2D eigenvalue weighted by molar-refractivity contribution is 4.81. The molecule has 0 spiro atoms. The van der Waals surface area contributed by atoms with Crippen LogP contribution in [0.15, 0.2) is 0 Å². The van der Waals surface area contributed by atoms with Crippen LogP contribution in [0.4, 0.5) is 0 Å². The normalized spacial score (nSPS) is 31.5. The molecule has 0 radical (unpaired) electrons. The molecule has 0 aromatic carbocycles. The topological polar surface area (TPSA) is 6.48 Å². The zero-order chi connectivity index (χ0) is 11.4. The van der Waals surface area contributed by atoms with Gasteiger partial charge in [-0.2, -0.15) is 0 Å². The largest absolute Gasteiger partial charge is 0.304 e. The average Bonchev–Trinajstić information content (AvgIpc) is 2.52. The minimum Gasteiger partial charge on any atom is -0.304 e. The van der Waals surface area contributed by atoms with E-state index in [4.69, 9.17) is 0 Å². The summed E-state index contributed by atoms with van der Waals surface area (Å²) in [6, 6.07) is 0.821. The molecule has 1 aliphatic heterocycles. The third kappa shape index (κ3) is 3.46. The molecule has 0 amide bonds. The van der Waals surface area contributed by atoms with Crippen LogP contribution in [0.2, 0.25) is 0 Å². The van der Waals surface area contributed by atoms with E-state index in [0.717, 1.165) is 12.0 Å². The Morgan fingerprint density at radius 3 is 2.31 bits per heavy atom. The minimum absolute atomic E-state index is 0.821. The van der Waals surface area contributed by atoms with Gasteiger partial charge in [-0.25, -0.2) is 0 Å². The van der Waals surface area contributed by atoms with Crippen LogP contribution in [-0.4, -0.2) is 49.6 Å². The smallest absolute Gasteiger partial charge is 0.0223 e. The van der Waals surface area contributed by atoms with Gasteiger partial charge in [-0.1, -0.05) is 38.5 Å². The van der Waals surface area contributed by atoms with E-state index in [1.54, 1.807) is 0 Å². The number of rotatable bonds is 2. The van der Waals surface area contributed by atoms with Crippen LogP contribution in [0, 0.1) is 5.92 Å². The highest BCUT2D eigenvalue weighted by Crippen LogP contribution is 2.28. The number of piperazine rings is 1. The number of hydrogen-bond donors (Lipinski definition) is 0. The van der Waals surface area contributed by atoms with Crippen molar-refractivity contribution in [3.63, 3.8) is 0 Å². The zero-order valence-corrected chi connectivity index (χ0v) is 11.1. The summed E-state index contributed by atoms with van der Waals surface area (Å²) in [7, 11) is 4.58. The van der Waals surface area contributed by atoms with Gasteiger partial charge in [-0.05, 0) is 26.4 Å². The Morgan fingerprint density at radius 2 is 1.62 bits per heavy atom. The molecule has 2 nitrogen and oxygen atoms in total. The first-order valence-electron chi connectivity index (χ1n) is 7.14. The van der Waals surface area contributed by atoms with Crippen molar-refractivity contribution in [3.05, 3.63) is 0 Å². The Balaban J connectivity index is 1.81. The first-order valence-corrected chi connectivity index (χ1v) is 7.14. The molecule has 1 aliphatic carbocycles. The molecule has 16 heavy (non-hydrogen) atoms. The van der Waals surface area contributed by atoms with E-state index in [9.17, 15) is 0 Å². The lowest BCUT2D eigenvalue weighted by molar-refractivity contribution is 0.0947. The number of nitrogens with zero attached hydrogens (tertiary/aromatic N) is 2. The first kappa shape index (κ1) is 12.4. The SMILES string of the molecule is CN1CCN(C)[C@@H](CC2CCCCCC2)C1. The molecule has 0 aromatic rings. The Kier molecular flexibility index (Phi) is 4.66. The number of likely N-dealkylation sites (N-methyl/N-ethyl adjacent to an activating group) is 2. The van der Waals surface area contributed by atoms with Crippen LogP contribution in [-0.2, 0) is 0 Å². The standard InChI is InChI=1S/C14H28N2/c1-15-9-10-16(2)14(12-15)11-13-7-5-3-4-6-8-13/h13-14H,3-12H2,1-2H3/t14-/m0/s1. The second kappa shape index (κ2) is 6.02. The summed E-state index contributed by atoms with van der Waals surface area (Å²) in [5, 5.41) is 0. The Bertz CT molecular complexity index is 197. The van der Waals surface area contributed by atoms with Crippen molar-refractivity contribution in [2.75, 3.05) is 33.7 Å². The van der Waals surface area contributed by atoms with E-state index in [2.05, 4.69) is 23.9 Å². The zero-order valence-electron chi connectivity index (χ0n) is 11.1. The van der Waals surface area contributed by atoms with Gasteiger partial charge in [-0.15, -0.1) is 0 Å².